The van der Waals surface area contributed by atoms with Crippen LogP contribution < -0.4 is 5.32 Å². The smallest absolute Gasteiger partial charge is 0.325 e. The number of aromatic nitrogens is 2. The molecule has 10 nitrogen and oxygen atoms in total. The van der Waals surface area contributed by atoms with Crippen LogP contribution in [-0.4, -0.2) is 86.4 Å². The van der Waals surface area contributed by atoms with E-state index in [1.54, 1.807) is 9.80 Å². The average Bonchev–Trinajstić information content (AvgIpc) is 3.52. The van der Waals surface area contributed by atoms with Gasteiger partial charge in [0.15, 0.2) is 5.69 Å². The minimum Gasteiger partial charge on any atom is -0.336 e. The summed E-state index contributed by atoms with van der Waals surface area (Å²) in [5.41, 5.74) is 0.427. The number of piperidine rings is 1. The number of nitrogens with one attached hydrogen (secondary N) is 2. The Labute approximate surface area is 194 Å². The van der Waals surface area contributed by atoms with Crippen LogP contribution in [0, 0.1) is 5.92 Å². The number of hydrogen-bond acceptors (Lipinski definition) is 5. The molecule has 2 bridgehead atoms. The normalized spacial score (nSPS) is 26.4. The molecule has 32 heavy (non-hydrogen) atoms. The van der Waals surface area contributed by atoms with Gasteiger partial charge in [-0.1, -0.05) is 19.8 Å². The zero-order valence-electron chi connectivity index (χ0n) is 18.0. The molecule has 5 amide bonds. The fourth-order valence-electron chi connectivity index (χ4n) is 5.68. The number of urea groups is 1. The minimum absolute atomic E-state index is 0.116. The highest BCUT2D eigenvalue weighted by Crippen LogP contribution is 2.36. The molecular formula is C21H27BrN6O4. The number of likely N-dealkylation sites (tertiary alicyclic amines) is 2. The molecule has 1 aromatic heterocycles. The third kappa shape index (κ3) is 3.32. The predicted octanol–water partition coefficient (Wildman–Crippen LogP) is 1.27. The van der Waals surface area contributed by atoms with E-state index in [2.05, 4.69) is 31.4 Å². The number of hydrogen-bond donors (Lipinski definition) is 2. The molecule has 3 aliphatic heterocycles. The van der Waals surface area contributed by atoms with E-state index < -0.39 is 11.6 Å². The van der Waals surface area contributed by atoms with Crippen LogP contribution in [-0.2, 0) is 16.0 Å². The summed E-state index contributed by atoms with van der Waals surface area (Å²) in [6.45, 7) is 3.26. The summed E-state index contributed by atoms with van der Waals surface area (Å²) in [7, 11) is 0. The van der Waals surface area contributed by atoms with Gasteiger partial charge in [-0.2, -0.15) is 5.10 Å². The molecular weight excluding hydrogens is 480 g/mol. The first-order valence-corrected chi connectivity index (χ1v) is 12.1. The maximum Gasteiger partial charge on any atom is 0.325 e. The average molecular weight is 507 g/mol. The van der Waals surface area contributed by atoms with Crippen LogP contribution >= 0.6 is 15.9 Å². The van der Waals surface area contributed by atoms with Gasteiger partial charge in [-0.3, -0.25) is 24.4 Å². The van der Waals surface area contributed by atoms with Gasteiger partial charge < -0.3 is 15.1 Å². The number of fused-ring (bicyclic) bond motifs is 2. The Hall–Kier alpha value is -2.43. The summed E-state index contributed by atoms with van der Waals surface area (Å²) < 4.78 is 0.690. The molecule has 1 saturated carbocycles. The van der Waals surface area contributed by atoms with Crippen molar-refractivity contribution >= 4 is 39.7 Å². The minimum atomic E-state index is -0.810. The van der Waals surface area contributed by atoms with Crippen LogP contribution in [0.5, 0.6) is 0 Å². The highest BCUT2D eigenvalue weighted by Gasteiger charge is 2.53. The van der Waals surface area contributed by atoms with Gasteiger partial charge in [0, 0.05) is 31.4 Å². The molecule has 2 unspecified atom stereocenters. The van der Waals surface area contributed by atoms with Crippen LogP contribution in [0.1, 0.15) is 55.2 Å². The zero-order chi connectivity index (χ0) is 22.6. The third-order valence-electron chi connectivity index (χ3n) is 7.35. The molecule has 5 rings (SSSR count). The Morgan fingerprint density at radius 3 is 2.62 bits per heavy atom. The number of aromatic amines is 1. The summed E-state index contributed by atoms with van der Waals surface area (Å²) in [6, 6.07) is -0.589. The number of nitrogens with zero attached hydrogens (tertiary/aromatic N) is 4. The standard InChI is InChI=1S/C21H27BrN6O4/c1-2-14-16(22)17(25-24-14)18(30)26-8-12-7-13(10-26)27(9-12)15(29)11-28-19(31)21(23-20(28)32)5-3-4-6-21/h12-13H,2-11H2,1H3,(H,23,32)(H,24,25). The molecule has 1 aromatic rings. The molecule has 2 atom stereocenters. The topological polar surface area (TPSA) is 119 Å². The summed E-state index contributed by atoms with van der Waals surface area (Å²) in [6.07, 6.45) is 4.63. The van der Waals surface area contributed by atoms with Crippen molar-refractivity contribution in [1.82, 2.24) is 30.2 Å². The van der Waals surface area contributed by atoms with E-state index in [0.717, 1.165) is 36.3 Å². The molecule has 1 aliphatic carbocycles. The summed E-state index contributed by atoms with van der Waals surface area (Å²) in [5, 5.41) is 9.89. The number of carbonyl (C=O) groups is 4. The van der Waals surface area contributed by atoms with Crippen LogP contribution in [0.2, 0.25) is 0 Å². The number of rotatable bonds is 4. The first-order valence-electron chi connectivity index (χ1n) is 11.3. The summed E-state index contributed by atoms with van der Waals surface area (Å²) in [5.74, 6) is -0.495. The maximum absolute atomic E-state index is 13.1. The van der Waals surface area contributed by atoms with E-state index in [1.165, 1.54) is 0 Å². The lowest BCUT2D eigenvalue weighted by atomic mass is 9.98. The van der Waals surface area contributed by atoms with Crippen molar-refractivity contribution in [1.29, 1.82) is 0 Å². The molecule has 1 spiro atoms. The number of imide groups is 1. The number of halogens is 1. The summed E-state index contributed by atoms with van der Waals surface area (Å²) >= 11 is 3.46. The molecule has 0 radical (unpaired) electrons. The van der Waals surface area contributed by atoms with Crippen molar-refractivity contribution < 1.29 is 19.2 Å². The molecule has 4 aliphatic rings. The van der Waals surface area contributed by atoms with E-state index in [-0.39, 0.29) is 36.2 Å². The van der Waals surface area contributed by atoms with Gasteiger partial charge in [0.1, 0.15) is 12.1 Å². The lowest BCUT2D eigenvalue weighted by molar-refractivity contribution is -0.139. The first-order chi connectivity index (χ1) is 15.3. The lowest BCUT2D eigenvalue weighted by Crippen LogP contribution is -2.49. The Kier molecular flexibility index (Phi) is 5.26. The number of carbonyl (C=O) groups excluding carboxylic acids is 4. The van der Waals surface area contributed by atoms with E-state index in [0.29, 0.717) is 42.6 Å². The van der Waals surface area contributed by atoms with E-state index >= 15 is 0 Å². The molecule has 2 N–H and O–H groups in total. The van der Waals surface area contributed by atoms with Gasteiger partial charge in [-0.15, -0.1) is 0 Å². The van der Waals surface area contributed by atoms with Crippen LogP contribution in [0.4, 0.5) is 4.79 Å². The Morgan fingerprint density at radius 1 is 1.19 bits per heavy atom. The fraction of sp³-hybridized carbons (Fsp3) is 0.667. The molecule has 0 aromatic carbocycles. The van der Waals surface area contributed by atoms with Crippen LogP contribution in [0.15, 0.2) is 4.47 Å². The second kappa shape index (κ2) is 7.86. The monoisotopic (exact) mass is 506 g/mol. The van der Waals surface area contributed by atoms with Gasteiger partial charge >= 0.3 is 6.03 Å². The van der Waals surface area contributed by atoms with Crippen molar-refractivity contribution in [2.45, 2.75) is 57.0 Å². The SMILES string of the molecule is CCc1[nH]nc(C(=O)N2CC3CC(C2)N(C(=O)CN2C(=O)NC4(CCCC4)C2=O)C3)c1Br. The predicted molar refractivity (Wildman–Crippen MR) is 117 cm³/mol. The largest absolute Gasteiger partial charge is 0.336 e. The Bertz CT molecular complexity index is 987. The lowest BCUT2D eigenvalue weighted by Gasteiger charge is -2.32. The third-order valence-corrected chi connectivity index (χ3v) is 8.20. The van der Waals surface area contributed by atoms with E-state index in [1.807, 2.05) is 6.92 Å². The first kappa shape index (κ1) is 21.4. The highest BCUT2D eigenvalue weighted by atomic mass is 79.9. The Balaban J connectivity index is 1.25. The van der Waals surface area contributed by atoms with Gasteiger partial charge in [0.05, 0.1) is 4.47 Å². The second-order valence-electron chi connectivity index (χ2n) is 9.34. The number of H-pyrrole nitrogens is 1. The number of aryl methyl sites for hydroxylation is 1. The molecule has 4 fully saturated rings. The van der Waals surface area contributed by atoms with Gasteiger partial charge in [0.2, 0.25) is 5.91 Å². The fourth-order valence-corrected chi connectivity index (χ4v) is 6.31. The highest BCUT2D eigenvalue weighted by molar-refractivity contribution is 9.10. The molecule has 11 heteroatoms. The number of amides is 5. The van der Waals surface area contributed by atoms with Crippen molar-refractivity contribution in [2.24, 2.45) is 5.92 Å². The summed E-state index contributed by atoms with van der Waals surface area (Å²) in [4.78, 5) is 56.1. The zero-order valence-corrected chi connectivity index (χ0v) is 19.6. The van der Waals surface area contributed by atoms with Gasteiger partial charge in [-0.25, -0.2) is 4.79 Å². The van der Waals surface area contributed by atoms with Crippen LogP contribution in [0.3, 0.4) is 0 Å². The van der Waals surface area contributed by atoms with E-state index in [4.69, 9.17) is 0 Å². The second-order valence-corrected chi connectivity index (χ2v) is 10.1. The van der Waals surface area contributed by atoms with Crippen molar-refractivity contribution in [3.63, 3.8) is 0 Å². The van der Waals surface area contributed by atoms with Gasteiger partial charge in [0.25, 0.3) is 11.8 Å². The van der Waals surface area contributed by atoms with Crippen LogP contribution in [0.25, 0.3) is 0 Å². The van der Waals surface area contributed by atoms with Gasteiger partial charge in [-0.05, 0) is 47.5 Å². The molecule has 172 valence electrons. The Morgan fingerprint density at radius 2 is 1.94 bits per heavy atom. The molecule has 4 heterocycles. The quantitative estimate of drug-likeness (QED) is 0.596. The van der Waals surface area contributed by atoms with E-state index in [9.17, 15) is 19.2 Å². The molecule has 3 saturated heterocycles. The maximum atomic E-state index is 13.1. The van der Waals surface area contributed by atoms with Crippen molar-refractivity contribution in [3.05, 3.63) is 15.9 Å². The van der Waals surface area contributed by atoms with Crippen molar-refractivity contribution in [3.8, 4) is 0 Å². The van der Waals surface area contributed by atoms with Crippen molar-refractivity contribution in [2.75, 3.05) is 26.2 Å².